The third-order valence-corrected chi connectivity index (χ3v) is 5.25. The van der Waals surface area contributed by atoms with Crippen LogP contribution in [0, 0.1) is 6.92 Å². The van der Waals surface area contributed by atoms with Crippen LogP contribution in [0.4, 0.5) is 0 Å². The highest BCUT2D eigenvalue weighted by atomic mass is 35.5. The first-order chi connectivity index (χ1) is 13.1. The Morgan fingerprint density at radius 2 is 2.26 bits per heavy atom. The first kappa shape index (κ1) is 17.7. The van der Waals surface area contributed by atoms with Gasteiger partial charge in [0.15, 0.2) is 5.65 Å². The number of nitrogens with one attached hydrogen (secondary N) is 1. The number of amides is 1. The van der Waals surface area contributed by atoms with Crippen LogP contribution in [0.15, 0.2) is 42.2 Å². The van der Waals surface area contributed by atoms with Gasteiger partial charge in [0.1, 0.15) is 6.54 Å². The molecule has 27 heavy (non-hydrogen) atoms. The van der Waals surface area contributed by atoms with E-state index in [1.165, 1.54) is 0 Å². The number of hydrogen-bond donors (Lipinski definition) is 1. The quantitative estimate of drug-likeness (QED) is 0.539. The molecule has 0 aliphatic rings. The number of rotatable bonds is 6. The summed E-state index contributed by atoms with van der Waals surface area (Å²) < 4.78 is 3.34. The number of carbonyl (C=O) groups excluding carboxylic acids is 1. The lowest BCUT2D eigenvalue weighted by atomic mass is 10.1. The van der Waals surface area contributed by atoms with E-state index < -0.39 is 0 Å². The summed E-state index contributed by atoms with van der Waals surface area (Å²) >= 11 is 7.50. The van der Waals surface area contributed by atoms with Crippen LogP contribution in [0.1, 0.15) is 5.69 Å². The van der Waals surface area contributed by atoms with Crippen molar-refractivity contribution < 1.29 is 4.79 Å². The van der Waals surface area contributed by atoms with E-state index in [0.717, 1.165) is 21.5 Å². The van der Waals surface area contributed by atoms with Crippen molar-refractivity contribution in [3.8, 4) is 10.4 Å². The lowest BCUT2D eigenvalue weighted by Crippen LogP contribution is -2.31. The maximum absolute atomic E-state index is 12.3. The van der Waals surface area contributed by atoms with Gasteiger partial charge < -0.3 is 5.32 Å². The topological polar surface area (TPSA) is 77.6 Å². The minimum Gasteiger partial charge on any atom is -0.353 e. The highest BCUT2D eigenvalue weighted by Gasteiger charge is 2.16. The summed E-state index contributed by atoms with van der Waals surface area (Å²) in [7, 11) is 0. The number of aromatic nitrogens is 5. The predicted molar refractivity (Wildman–Crippen MR) is 106 cm³/mol. The van der Waals surface area contributed by atoms with Gasteiger partial charge in [-0.25, -0.2) is 9.67 Å². The Kier molecular flexibility index (Phi) is 4.91. The molecule has 4 aromatic heterocycles. The molecule has 0 atom stereocenters. The van der Waals surface area contributed by atoms with Crippen LogP contribution < -0.4 is 5.32 Å². The van der Waals surface area contributed by atoms with Gasteiger partial charge >= 0.3 is 0 Å². The van der Waals surface area contributed by atoms with Crippen molar-refractivity contribution in [1.82, 2.24) is 29.9 Å². The normalized spacial score (nSPS) is 11.2. The van der Waals surface area contributed by atoms with Crippen molar-refractivity contribution in [1.29, 1.82) is 0 Å². The number of halogens is 1. The largest absolute Gasteiger partial charge is 0.353 e. The molecule has 0 unspecified atom stereocenters. The zero-order valence-electron chi connectivity index (χ0n) is 14.6. The van der Waals surface area contributed by atoms with Crippen LogP contribution in [0.3, 0.4) is 0 Å². The Hall–Kier alpha value is -2.71. The van der Waals surface area contributed by atoms with E-state index in [2.05, 4.69) is 26.6 Å². The molecule has 4 aromatic rings. The number of aryl methyl sites for hydroxylation is 1. The molecule has 1 amide bonds. The predicted octanol–water partition coefficient (Wildman–Crippen LogP) is 3.13. The van der Waals surface area contributed by atoms with Gasteiger partial charge in [-0.2, -0.15) is 10.2 Å². The van der Waals surface area contributed by atoms with E-state index in [-0.39, 0.29) is 12.5 Å². The third-order valence-electron chi connectivity index (χ3n) is 4.15. The number of nitrogens with zero attached hydrogens (tertiary/aromatic N) is 5. The molecule has 4 heterocycles. The molecule has 4 rings (SSSR count). The van der Waals surface area contributed by atoms with Crippen LogP contribution in [-0.2, 0) is 17.9 Å². The zero-order chi connectivity index (χ0) is 18.8. The van der Waals surface area contributed by atoms with E-state index >= 15 is 0 Å². The van der Waals surface area contributed by atoms with Crippen LogP contribution in [-0.4, -0.2) is 37.0 Å². The molecular weight excluding hydrogens is 384 g/mol. The molecule has 0 fully saturated rings. The minimum atomic E-state index is -0.124. The van der Waals surface area contributed by atoms with E-state index in [9.17, 15) is 4.79 Å². The second-order valence-corrected chi connectivity index (χ2v) is 7.43. The molecule has 0 aromatic carbocycles. The molecule has 0 aliphatic heterocycles. The Morgan fingerprint density at radius 3 is 3.00 bits per heavy atom. The fraction of sp³-hybridized carbons (Fsp3) is 0.222. The van der Waals surface area contributed by atoms with Crippen LogP contribution in [0.5, 0.6) is 0 Å². The van der Waals surface area contributed by atoms with Crippen molar-refractivity contribution in [2.45, 2.75) is 20.0 Å². The summed E-state index contributed by atoms with van der Waals surface area (Å²) in [4.78, 5) is 17.9. The summed E-state index contributed by atoms with van der Waals surface area (Å²) in [5.41, 5.74) is 2.67. The number of fused-ring (bicyclic) bond motifs is 1. The Labute approximate surface area is 164 Å². The molecular formula is C18H17ClN6OS. The second kappa shape index (κ2) is 7.50. The Balaban J connectivity index is 1.49. The minimum absolute atomic E-state index is 0.116. The maximum Gasteiger partial charge on any atom is 0.241 e. The van der Waals surface area contributed by atoms with E-state index in [1.54, 1.807) is 39.3 Å². The number of carbonyl (C=O) groups is 1. The number of thiophene rings is 1. The van der Waals surface area contributed by atoms with Gasteiger partial charge in [-0.15, -0.1) is 11.3 Å². The van der Waals surface area contributed by atoms with Crippen molar-refractivity contribution in [3.63, 3.8) is 0 Å². The van der Waals surface area contributed by atoms with E-state index in [1.807, 2.05) is 24.4 Å². The molecule has 0 aliphatic carbocycles. The number of pyridine rings is 1. The molecule has 7 nitrogen and oxygen atoms in total. The summed E-state index contributed by atoms with van der Waals surface area (Å²) in [5.74, 6) is -0.124. The van der Waals surface area contributed by atoms with Gasteiger partial charge in [0.2, 0.25) is 5.91 Å². The molecule has 0 spiro atoms. The van der Waals surface area contributed by atoms with Crippen LogP contribution >= 0.6 is 22.9 Å². The molecule has 138 valence electrons. The Morgan fingerprint density at radius 1 is 1.37 bits per heavy atom. The molecule has 0 saturated heterocycles. The van der Waals surface area contributed by atoms with Crippen LogP contribution in [0.2, 0.25) is 5.02 Å². The van der Waals surface area contributed by atoms with Crippen molar-refractivity contribution in [2.75, 3.05) is 6.54 Å². The molecule has 1 N–H and O–H groups in total. The maximum atomic E-state index is 12.3. The van der Waals surface area contributed by atoms with Crippen LogP contribution in [0.25, 0.3) is 21.5 Å². The average Bonchev–Trinajstić information content (AvgIpc) is 3.37. The summed E-state index contributed by atoms with van der Waals surface area (Å²) in [6.07, 6.45) is 5.04. The van der Waals surface area contributed by atoms with E-state index in [4.69, 9.17) is 11.6 Å². The van der Waals surface area contributed by atoms with Crippen molar-refractivity contribution >= 4 is 39.9 Å². The fourth-order valence-electron chi connectivity index (χ4n) is 2.99. The lowest BCUT2D eigenvalue weighted by molar-refractivity contribution is -0.121. The fourth-order valence-corrected chi connectivity index (χ4v) is 3.91. The monoisotopic (exact) mass is 400 g/mol. The Bertz CT molecular complexity index is 1080. The summed E-state index contributed by atoms with van der Waals surface area (Å²) in [6.45, 7) is 3.07. The first-order valence-corrected chi connectivity index (χ1v) is 9.68. The SMILES string of the molecule is Cc1nn(CC(=O)NCCn2cc(Cl)cn2)c2nccc(-c3cccs3)c12. The smallest absolute Gasteiger partial charge is 0.241 e. The zero-order valence-corrected chi connectivity index (χ0v) is 16.2. The highest BCUT2D eigenvalue weighted by molar-refractivity contribution is 7.13. The summed E-state index contributed by atoms with van der Waals surface area (Å²) in [6, 6.07) is 6.08. The van der Waals surface area contributed by atoms with Crippen molar-refractivity contribution in [2.24, 2.45) is 0 Å². The molecule has 9 heteroatoms. The standard InChI is InChI=1S/C18H17ClN6OS/c1-12-17-14(15-3-2-8-27-15)4-5-21-18(17)25(23-12)11-16(26)20-6-7-24-10-13(19)9-22-24/h2-5,8-10H,6-7,11H2,1H3,(H,20,26). The van der Waals surface area contributed by atoms with E-state index in [0.29, 0.717) is 23.8 Å². The van der Waals surface area contributed by atoms with Gasteiger partial charge in [-0.1, -0.05) is 17.7 Å². The molecule has 0 bridgehead atoms. The summed E-state index contributed by atoms with van der Waals surface area (Å²) in [5, 5.41) is 15.1. The molecule has 0 saturated carbocycles. The second-order valence-electron chi connectivity index (χ2n) is 6.05. The average molecular weight is 401 g/mol. The molecule has 0 radical (unpaired) electrons. The first-order valence-electron chi connectivity index (χ1n) is 8.42. The number of hydrogen-bond acceptors (Lipinski definition) is 5. The highest BCUT2D eigenvalue weighted by Crippen LogP contribution is 2.32. The van der Waals surface area contributed by atoms with Gasteiger partial charge in [0.05, 0.1) is 28.8 Å². The van der Waals surface area contributed by atoms with Gasteiger partial charge in [-0.05, 0) is 24.4 Å². The van der Waals surface area contributed by atoms with Gasteiger partial charge in [0, 0.05) is 29.4 Å². The van der Waals surface area contributed by atoms with Gasteiger partial charge in [-0.3, -0.25) is 9.48 Å². The third kappa shape index (κ3) is 3.72. The lowest BCUT2D eigenvalue weighted by Gasteiger charge is -2.06. The van der Waals surface area contributed by atoms with Gasteiger partial charge in [0.25, 0.3) is 0 Å². The van der Waals surface area contributed by atoms with Crippen molar-refractivity contribution in [3.05, 3.63) is 52.9 Å².